The molecule has 1 aromatic carbocycles. The number of benzene rings is 1. The Kier molecular flexibility index (Phi) is 15.8. The zero-order valence-corrected chi connectivity index (χ0v) is 29.6. The molecule has 2 saturated heterocycles. The fourth-order valence-corrected chi connectivity index (χ4v) is 10.6. The molecule has 0 unspecified atom stereocenters. The predicted molar refractivity (Wildman–Crippen MR) is 188 cm³/mol. The number of carbonyl (C=O) groups excluding carboxylic acids is 2. The van der Waals surface area contributed by atoms with Crippen LogP contribution in [-0.2, 0) is 31.0 Å². The van der Waals surface area contributed by atoms with E-state index in [4.69, 9.17) is 4.74 Å². The number of hydrogen-bond acceptors (Lipinski definition) is 9. The summed E-state index contributed by atoms with van der Waals surface area (Å²) < 4.78 is 35.7. The zero-order valence-electron chi connectivity index (χ0n) is 27.1. The van der Waals surface area contributed by atoms with E-state index >= 15 is 0 Å². The number of nitrogens with one attached hydrogen (secondary N) is 3. The number of rotatable bonds is 17. The van der Waals surface area contributed by atoms with Crippen molar-refractivity contribution >= 4 is 45.5 Å². The fraction of sp³-hybridized carbons (Fsp3) is 0.697. The number of aliphatic hydroxyl groups is 2. The summed E-state index contributed by atoms with van der Waals surface area (Å²) in [6, 6.07) is 6.26. The van der Waals surface area contributed by atoms with E-state index in [1.807, 2.05) is 30.3 Å². The molecule has 2 heterocycles. The molecule has 1 aromatic rings. The van der Waals surface area contributed by atoms with Crippen molar-refractivity contribution < 1.29 is 33.0 Å². The van der Waals surface area contributed by atoms with Gasteiger partial charge in [-0.05, 0) is 48.7 Å². The minimum Gasteiger partial charge on any atom is -0.391 e. The second-order valence-corrected chi connectivity index (χ2v) is 17.2. The molecule has 3 fully saturated rings. The van der Waals surface area contributed by atoms with E-state index in [1.54, 1.807) is 23.5 Å². The van der Waals surface area contributed by atoms with Crippen molar-refractivity contribution in [2.75, 3.05) is 37.8 Å². The van der Waals surface area contributed by atoms with Crippen LogP contribution in [0, 0.1) is 5.92 Å². The Morgan fingerprint density at radius 3 is 2.30 bits per heavy atom. The Balaban J connectivity index is 1.47. The minimum atomic E-state index is -4.02. The first-order chi connectivity index (χ1) is 22.7. The van der Waals surface area contributed by atoms with Crippen molar-refractivity contribution in [3.63, 3.8) is 0 Å². The molecule has 0 aromatic heterocycles. The van der Waals surface area contributed by atoms with Crippen molar-refractivity contribution in [1.82, 2.24) is 19.7 Å². The van der Waals surface area contributed by atoms with Gasteiger partial charge in [0.05, 0.1) is 36.0 Å². The van der Waals surface area contributed by atoms with Gasteiger partial charge in [0, 0.05) is 19.5 Å². The number of hydrogen-bond donors (Lipinski definition) is 5. The van der Waals surface area contributed by atoms with E-state index in [0.717, 1.165) is 49.2 Å². The van der Waals surface area contributed by atoms with E-state index in [1.165, 1.54) is 16.8 Å². The van der Waals surface area contributed by atoms with E-state index in [-0.39, 0.29) is 50.1 Å². The summed E-state index contributed by atoms with van der Waals surface area (Å²) in [6.45, 7) is 4.65. The van der Waals surface area contributed by atoms with Crippen molar-refractivity contribution in [3.8, 4) is 0 Å². The molecule has 0 radical (unpaired) electrons. The monoisotopic (exact) mass is 712 g/mol. The van der Waals surface area contributed by atoms with Crippen LogP contribution in [0.15, 0.2) is 43.0 Å². The van der Waals surface area contributed by atoms with Gasteiger partial charge in [-0.25, -0.2) is 0 Å². The molecule has 11 nitrogen and oxygen atoms in total. The van der Waals surface area contributed by atoms with E-state index in [9.17, 15) is 28.2 Å². The zero-order chi connectivity index (χ0) is 33.6. The number of nitrogens with zero attached hydrogens (tertiary/aromatic N) is 1. The van der Waals surface area contributed by atoms with Gasteiger partial charge in [-0.15, -0.1) is 30.1 Å². The summed E-state index contributed by atoms with van der Waals surface area (Å²) in [5.41, 5.74) is 0.755. The molecule has 47 heavy (non-hydrogen) atoms. The highest BCUT2D eigenvalue weighted by atomic mass is 32.2. The molecule has 264 valence electrons. The van der Waals surface area contributed by atoms with Gasteiger partial charge in [-0.1, -0.05) is 68.5 Å². The van der Waals surface area contributed by atoms with Crippen molar-refractivity contribution in [3.05, 3.63) is 48.6 Å². The summed E-state index contributed by atoms with van der Waals surface area (Å²) in [5, 5.41) is 28.1. The van der Waals surface area contributed by atoms with Gasteiger partial charge >= 0.3 is 0 Å². The van der Waals surface area contributed by atoms with Crippen LogP contribution in [0.5, 0.6) is 0 Å². The van der Waals surface area contributed by atoms with Crippen LogP contribution >= 0.6 is 23.5 Å². The Labute approximate surface area is 288 Å². The van der Waals surface area contributed by atoms with Gasteiger partial charge in [0.15, 0.2) is 0 Å². The van der Waals surface area contributed by atoms with Crippen molar-refractivity contribution in [1.29, 1.82) is 0 Å². The lowest BCUT2D eigenvalue weighted by Crippen LogP contribution is -2.58. The number of morpholine rings is 1. The molecule has 5 N–H and O–H groups in total. The van der Waals surface area contributed by atoms with Gasteiger partial charge in [-0.2, -0.15) is 17.4 Å². The number of amides is 2. The third-order valence-corrected chi connectivity index (χ3v) is 13.8. The van der Waals surface area contributed by atoms with Gasteiger partial charge in [0.2, 0.25) is 11.8 Å². The first kappa shape index (κ1) is 38.2. The van der Waals surface area contributed by atoms with Crippen LogP contribution in [0.25, 0.3) is 0 Å². The van der Waals surface area contributed by atoms with E-state index in [0.29, 0.717) is 12.3 Å². The lowest BCUT2D eigenvalue weighted by Gasteiger charge is -2.34. The molecule has 5 atom stereocenters. The lowest BCUT2D eigenvalue weighted by molar-refractivity contribution is -0.130. The Morgan fingerprint density at radius 2 is 1.64 bits per heavy atom. The van der Waals surface area contributed by atoms with Crippen molar-refractivity contribution in [2.45, 2.75) is 99.1 Å². The number of aliphatic hydroxyl groups excluding tert-OH is 2. The van der Waals surface area contributed by atoms with Crippen LogP contribution in [0.4, 0.5) is 0 Å². The van der Waals surface area contributed by atoms with E-state index in [2.05, 4.69) is 21.9 Å². The van der Waals surface area contributed by atoms with Crippen LogP contribution in [0.3, 0.4) is 0 Å². The Hall–Kier alpha value is -1.65. The molecule has 4 rings (SSSR count). The highest BCUT2D eigenvalue weighted by molar-refractivity contribution is 8.17. The van der Waals surface area contributed by atoms with Gasteiger partial charge in [0.25, 0.3) is 10.2 Å². The molecule has 2 aliphatic heterocycles. The van der Waals surface area contributed by atoms with Crippen LogP contribution in [-0.4, -0.2) is 107 Å². The molecular formula is C33H52N4O7S3. The van der Waals surface area contributed by atoms with Gasteiger partial charge in [0.1, 0.15) is 12.1 Å². The summed E-state index contributed by atoms with van der Waals surface area (Å²) in [4.78, 5) is 27.6. The third-order valence-electron chi connectivity index (χ3n) is 8.99. The Bertz CT molecular complexity index is 1220. The van der Waals surface area contributed by atoms with E-state index < -0.39 is 52.4 Å². The largest absolute Gasteiger partial charge is 0.391 e. The van der Waals surface area contributed by atoms with Gasteiger partial charge < -0.3 is 25.6 Å². The first-order valence-corrected chi connectivity index (χ1v) is 20.4. The quantitative estimate of drug-likeness (QED) is 0.153. The second kappa shape index (κ2) is 19.5. The van der Waals surface area contributed by atoms with Crippen LogP contribution < -0.4 is 15.4 Å². The summed E-state index contributed by atoms with van der Waals surface area (Å²) in [6.07, 6.45) is 7.29. The minimum absolute atomic E-state index is 0.0139. The lowest BCUT2D eigenvalue weighted by atomic mass is 9.83. The van der Waals surface area contributed by atoms with Gasteiger partial charge in [-0.3, -0.25) is 9.59 Å². The smallest absolute Gasteiger partial charge is 0.280 e. The highest BCUT2D eigenvalue weighted by Crippen LogP contribution is 2.35. The highest BCUT2D eigenvalue weighted by Gasteiger charge is 2.35. The SMILES string of the molecule is C=CC[C@H](NC(=O)[C@H](Cc1ccccc1)NS(=O)(=O)N1CCOCC1)C(=O)N[C@@H](CC1CCCCC1)[C@@H](O)C[C@H](O)C1SCCCS1. The standard InChI is InChI=1S/C33H52N4O7S3/c1-2-10-26(34-32(41)28(22-25-13-7-4-8-14-25)36-47(42,43)37-15-17-44-18-16-37)31(40)35-27(21-24-11-5-3-6-12-24)29(38)23-30(39)33-45-19-9-20-46-33/h2,4,7-8,13-14,24,26-30,33,36,38-39H,1,3,5-6,9-12,15-23H2,(H,34,41)(H,35,40)/t26-,27-,28-,29-,30-/m0/s1. The number of thioether (sulfide) groups is 2. The maximum Gasteiger partial charge on any atom is 0.280 e. The molecule has 0 spiro atoms. The summed E-state index contributed by atoms with van der Waals surface area (Å²) in [5.74, 6) is 1.17. The molecule has 0 bridgehead atoms. The summed E-state index contributed by atoms with van der Waals surface area (Å²) >= 11 is 3.41. The van der Waals surface area contributed by atoms with Crippen LogP contribution in [0.1, 0.15) is 63.4 Å². The number of carbonyl (C=O) groups is 2. The molecule has 3 aliphatic rings. The maximum absolute atomic E-state index is 13.8. The fourth-order valence-electron chi connectivity index (χ4n) is 6.38. The number of ether oxygens (including phenoxy) is 1. The second-order valence-electron chi connectivity index (χ2n) is 12.7. The summed E-state index contributed by atoms with van der Waals surface area (Å²) in [7, 11) is -4.02. The predicted octanol–water partition coefficient (Wildman–Crippen LogP) is 2.59. The average Bonchev–Trinajstić information content (AvgIpc) is 3.09. The van der Waals surface area contributed by atoms with Crippen molar-refractivity contribution in [2.24, 2.45) is 5.92 Å². The normalized spacial score (nSPS) is 22.0. The third kappa shape index (κ3) is 12.3. The molecule has 14 heteroatoms. The topological polar surface area (TPSA) is 157 Å². The maximum atomic E-state index is 13.8. The Morgan fingerprint density at radius 1 is 0.979 bits per heavy atom. The molecule has 1 aliphatic carbocycles. The average molecular weight is 713 g/mol. The molecule has 2 amide bonds. The first-order valence-electron chi connectivity index (χ1n) is 16.9. The molecule has 1 saturated carbocycles. The molecular weight excluding hydrogens is 661 g/mol. The van der Waals surface area contributed by atoms with Crippen LogP contribution in [0.2, 0.25) is 0 Å².